The molecule has 2 saturated heterocycles. The first-order chi connectivity index (χ1) is 5.08. The van der Waals surface area contributed by atoms with Gasteiger partial charge in [-0.05, 0) is 6.42 Å². The van der Waals surface area contributed by atoms with E-state index in [2.05, 4.69) is 12.6 Å². The van der Waals surface area contributed by atoms with Crippen LogP contribution in [0.25, 0.3) is 0 Å². The number of rotatable bonds is 1. The Kier molecular flexibility index (Phi) is 1.49. The minimum Gasteiger partial charge on any atom is -0.291 e. The van der Waals surface area contributed by atoms with Gasteiger partial charge in [0.1, 0.15) is 0 Å². The third kappa shape index (κ3) is 0.991. The molecule has 2 rings (SSSR count). The second-order valence-corrected chi connectivity index (χ2v) is 3.90. The fourth-order valence-electron chi connectivity index (χ4n) is 2.08. The van der Waals surface area contributed by atoms with E-state index in [0.717, 1.165) is 13.0 Å². The standard InChI is InChI=1S/C7H11F2NS/c8-7(9)3-6(5-11)1-2-10(6)4-7/h11H,1-5H2. The van der Waals surface area contributed by atoms with Crippen molar-refractivity contribution >= 4 is 12.6 Å². The Morgan fingerprint density at radius 2 is 2.18 bits per heavy atom. The predicted octanol–water partition coefficient (Wildman–Crippen LogP) is 1.40. The van der Waals surface area contributed by atoms with Crippen LogP contribution in [0.1, 0.15) is 12.8 Å². The third-order valence-electron chi connectivity index (χ3n) is 2.82. The van der Waals surface area contributed by atoms with E-state index >= 15 is 0 Å². The molecule has 0 aromatic heterocycles. The van der Waals surface area contributed by atoms with E-state index in [0.29, 0.717) is 5.75 Å². The third-order valence-corrected chi connectivity index (χ3v) is 3.41. The van der Waals surface area contributed by atoms with Gasteiger partial charge in [-0.3, -0.25) is 4.90 Å². The molecule has 0 bridgehead atoms. The van der Waals surface area contributed by atoms with Gasteiger partial charge >= 0.3 is 0 Å². The average Bonchev–Trinajstić information content (AvgIpc) is 2.09. The normalized spacial score (nSPS) is 41.7. The molecule has 4 heteroatoms. The molecule has 0 N–H and O–H groups in total. The molecule has 0 aliphatic carbocycles. The summed E-state index contributed by atoms with van der Waals surface area (Å²) in [4.78, 5) is 1.86. The lowest BCUT2D eigenvalue weighted by atomic mass is 9.87. The van der Waals surface area contributed by atoms with Gasteiger partial charge in [-0.25, -0.2) is 8.78 Å². The van der Waals surface area contributed by atoms with Crippen LogP contribution in [0.4, 0.5) is 8.78 Å². The summed E-state index contributed by atoms with van der Waals surface area (Å²) in [5.74, 6) is -1.89. The van der Waals surface area contributed by atoms with Gasteiger partial charge < -0.3 is 0 Å². The summed E-state index contributed by atoms with van der Waals surface area (Å²) < 4.78 is 25.7. The van der Waals surface area contributed by atoms with Gasteiger partial charge in [0, 0.05) is 24.3 Å². The van der Waals surface area contributed by atoms with Crippen molar-refractivity contribution in [3.8, 4) is 0 Å². The number of halogens is 2. The molecule has 64 valence electrons. The van der Waals surface area contributed by atoms with E-state index in [9.17, 15) is 8.78 Å². The smallest absolute Gasteiger partial charge is 0.262 e. The number of hydrogen-bond acceptors (Lipinski definition) is 2. The van der Waals surface area contributed by atoms with Gasteiger partial charge in [-0.1, -0.05) is 0 Å². The largest absolute Gasteiger partial charge is 0.291 e. The second kappa shape index (κ2) is 2.10. The molecule has 0 aromatic carbocycles. The minimum absolute atomic E-state index is 0.0174. The van der Waals surface area contributed by atoms with Crippen molar-refractivity contribution in [3.05, 3.63) is 0 Å². The van der Waals surface area contributed by atoms with Crippen molar-refractivity contribution in [1.29, 1.82) is 0 Å². The lowest BCUT2D eigenvalue weighted by Crippen LogP contribution is -2.56. The van der Waals surface area contributed by atoms with Crippen molar-refractivity contribution in [2.45, 2.75) is 24.3 Å². The van der Waals surface area contributed by atoms with Crippen LogP contribution < -0.4 is 0 Å². The summed E-state index contributed by atoms with van der Waals surface area (Å²) in [6.07, 6.45) is 0.912. The zero-order valence-corrected chi connectivity index (χ0v) is 7.08. The summed E-state index contributed by atoms with van der Waals surface area (Å²) in [6.45, 7) is 0.781. The van der Waals surface area contributed by atoms with Gasteiger partial charge in [-0.15, -0.1) is 0 Å². The number of alkyl halides is 2. The summed E-state index contributed by atoms with van der Waals surface area (Å²) in [7, 11) is 0. The Bertz CT molecular complexity index is 181. The van der Waals surface area contributed by atoms with Crippen LogP contribution in [-0.4, -0.2) is 35.2 Å². The van der Waals surface area contributed by atoms with Gasteiger partial charge in [0.2, 0.25) is 0 Å². The van der Waals surface area contributed by atoms with Gasteiger partial charge in [0.15, 0.2) is 0 Å². The highest BCUT2D eigenvalue weighted by Crippen LogP contribution is 2.47. The Hall–Kier alpha value is 0.170. The maximum absolute atomic E-state index is 12.8. The summed E-state index contributed by atoms with van der Waals surface area (Å²) >= 11 is 4.11. The van der Waals surface area contributed by atoms with Crippen LogP contribution in [0, 0.1) is 0 Å². The zero-order chi connectivity index (χ0) is 8.11. The van der Waals surface area contributed by atoms with E-state index in [1.807, 2.05) is 4.90 Å². The van der Waals surface area contributed by atoms with Crippen LogP contribution in [-0.2, 0) is 0 Å². The Morgan fingerprint density at radius 1 is 1.45 bits per heavy atom. The van der Waals surface area contributed by atoms with Crippen molar-refractivity contribution in [2.75, 3.05) is 18.8 Å². The maximum atomic E-state index is 12.8. The number of thiol groups is 1. The monoisotopic (exact) mass is 179 g/mol. The average molecular weight is 179 g/mol. The lowest BCUT2D eigenvalue weighted by molar-refractivity contribution is 0.0129. The van der Waals surface area contributed by atoms with E-state index in [-0.39, 0.29) is 18.5 Å². The van der Waals surface area contributed by atoms with Gasteiger partial charge in [0.25, 0.3) is 5.92 Å². The van der Waals surface area contributed by atoms with Crippen molar-refractivity contribution in [2.24, 2.45) is 0 Å². The second-order valence-electron chi connectivity index (χ2n) is 3.59. The Morgan fingerprint density at radius 3 is 2.45 bits per heavy atom. The predicted molar refractivity (Wildman–Crippen MR) is 42.3 cm³/mol. The van der Waals surface area contributed by atoms with Crippen molar-refractivity contribution in [1.82, 2.24) is 4.90 Å². The molecule has 0 aromatic rings. The zero-order valence-electron chi connectivity index (χ0n) is 6.19. The highest BCUT2D eigenvalue weighted by atomic mass is 32.1. The van der Waals surface area contributed by atoms with Crippen LogP contribution in [0.15, 0.2) is 0 Å². The van der Waals surface area contributed by atoms with E-state index in [1.165, 1.54) is 0 Å². The van der Waals surface area contributed by atoms with E-state index < -0.39 is 5.92 Å². The molecular weight excluding hydrogens is 168 g/mol. The van der Waals surface area contributed by atoms with Crippen LogP contribution in [0.5, 0.6) is 0 Å². The molecule has 1 nitrogen and oxygen atoms in total. The Labute approximate surface area is 70.2 Å². The molecule has 2 aliphatic heterocycles. The maximum Gasteiger partial charge on any atom is 0.262 e. The number of nitrogens with zero attached hydrogens (tertiary/aromatic N) is 1. The topological polar surface area (TPSA) is 3.24 Å². The van der Waals surface area contributed by atoms with Crippen LogP contribution >= 0.6 is 12.6 Å². The summed E-state index contributed by atoms with van der Waals surface area (Å²) in [5.41, 5.74) is -0.243. The SMILES string of the molecule is FC1(F)CN2CCC2(CS)C1. The van der Waals surface area contributed by atoms with Crippen molar-refractivity contribution in [3.63, 3.8) is 0 Å². The van der Waals surface area contributed by atoms with E-state index in [4.69, 9.17) is 0 Å². The molecule has 1 atom stereocenters. The number of fused-ring (bicyclic) bond motifs is 1. The van der Waals surface area contributed by atoms with Crippen molar-refractivity contribution < 1.29 is 8.78 Å². The van der Waals surface area contributed by atoms with Crippen LogP contribution in [0.2, 0.25) is 0 Å². The molecule has 2 fully saturated rings. The molecule has 0 saturated carbocycles. The molecule has 2 heterocycles. The van der Waals surface area contributed by atoms with Gasteiger partial charge in [-0.2, -0.15) is 12.6 Å². The number of hydrogen-bond donors (Lipinski definition) is 1. The molecule has 0 amide bonds. The van der Waals surface area contributed by atoms with Crippen LogP contribution in [0.3, 0.4) is 0 Å². The Balaban J connectivity index is 2.15. The molecular formula is C7H11F2NS. The lowest BCUT2D eigenvalue weighted by Gasteiger charge is -2.46. The first kappa shape index (κ1) is 7.80. The summed E-state index contributed by atoms with van der Waals surface area (Å²) in [5, 5.41) is 0. The highest BCUT2D eigenvalue weighted by Gasteiger charge is 2.58. The quantitative estimate of drug-likeness (QED) is 0.595. The molecule has 2 aliphatic rings. The highest BCUT2D eigenvalue weighted by molar-refractivity contribution is 7.80. The first-order valence-electron chi connectivity index (χ1n) is 3.82. The van der Waals surface area contributed by atoms with E-state index in [1.54, 1.807) is 0 Å². The summed E-state index contributed by atoms with van der Waals surface area (Å²) in [6, 6.07) is 0. The molecule has 1 unspecified atom stereocenters. The molecule has 0 spiro atoms. The molecule has 0 radical (unpaired) electrons. The minimum atomic E-state index is -2.46. The fraction of sp³-hybridized carbons (Fsp3) is 1.00. The van der Waals surface area contributed by atoms with Gasteiger partial charge in [0.05, 0.1) is 6.54 Å². The first-order valence-corrected chi connectivity index (χ1v) is 4.45. The fourth-order valence-corrected chi connectivity index (χ4v) is 2.55. The molecule has 11 heavy (non-hydrogen) atoms.